The molecule has 0 bridgehead atoms. The fourth-order valence-corrected chi connectivity index (χ4v) is 4.54. The zero-order valence-corrected chi connectivity index (χ0v) is 16.1. The minimum absolute atomic E-state index is 0.0530. The molecule has 1 amide bonds. The third kappa shape index (κ3) is 3.23. The van der Waals surface area contributed by atoms with Crippen molar-refractivity contribution in [3.05, 3.63) is 35.4 Å². The van der Waals surface area contributed by atoms with Crippen molar-refractivity contribution in [3.8, 4) is 11.5 Å². The summed E-state index contributed by atoms with van der Waals surface area (Å²) in [4.78, 5) is 15.1. The Balaban J connectivity index is 1.34. The monoisotopic (exact) mass is 382 g/mol. The molecule has 0 radical (unpaired) electrons. The first-order valence-corrected chi connectivity index (χ1v) is 10.4. The topological polar surface area (TPSA) is 69.5 Å². The molecule has 0 spiro atoms. The quantitative estimate of drug-likeness (QED) is 0.799. The average Bonchev–Trinajstić information content (AvgIpc) is 3.01. The Bertz CT molecular complexity index is 879. The summed E-state index contributed by atoms with van der Waals surface area (Å²) in [5.41, 5.74) is 0.657. The molecule has 3 aliphatic rings. The first kappa shape index (κ1) is 17.5. The summed E-state index contributed by atoms with van der Waals surface area (Å²) in [6.45, 7) is 3.56. The number of fused-ring (bicyclic) bond motifs is 2. The van der Waals surface area contributed by atoms with E-state index < -0.39 is 0 Å². The fourth-order valence-electron chi connectivity index (χ4n) is 4.54. The van der Waals surface area contributed by atoms with Crippen LogP contribution in [-0.2, 0) is 13.0 Å². The van der Waals surface area contributed by atoms with E-state index in [9.17, 15) is 4.79 Å². The minimum Gasteiger partial charge on any atom is -0.486 e. The van der Waals surface area contributed by atoms with Crippen molar-refractivity contribution in [2.24, 2.45) is 0 Å². The lowest BCUT2D eigenvalue weighted by Gasteiger charge is -2.32. The summed E-state index contributed by atoms with van der Waals surface area (Å²) in [7, 11) is 0. The predicted molar refractivity (Wildman–Crippen MR) is 103 cm³/mol. The molecular formula is C21H26N4O3. The van der Waals surface area contributed by atoms with Gasteiger partial charge in [-0.1, -0.05) is 6.42 Å². The smallest absolute Gasteiger partial charge is 0.254 e. The summed E-state index contributed by atoms with van der Waals surface area (Å²) in [5.74, 6) is 3.87. The maximum Gasteiger partial charge on any atom is 0.254 e. The molecule has 7 heteroatoms. The highest BCUT2D eigenvalue weighted by Gasteiger charge is 2.30. The summed E-state index contributed by atoms with van der Waals surface area (Å²) in [5, 5.41) is 8.97. The van der Waals surface area contributed by atoms with Crippen LogP contribution >= 0.6 is 0 Å². The lowest BCUT2D eigenvalue weighted by molar-refractivity contribution is 0.0702. The SMILES string of the molecule is O=C(c1ccc2c(c1)OCCO2)N1CCCC(c2nnc3n2CCCCC3)C1. The number of likely N-dealkylation sites (tertiary alicyclic amines) is 1. The van der Waals surface area contributed by atoms with Crippen molar-refractivity contribution in [3.63, 3.8) is 0 Å². The van der Waals surface area contributed by atoms with Crippen LogP contribution in [0.25, 0.3) is 0 Å². The van der Waals surface area contributed by atoms with E-state index in [-0.39, 0.29) is 11.8 Å². The normalized spacial score (nSPS) is 21.7. The van der Waals surface area contributed by atoms with E-state index in [1.165, 1.54) is 19.3 Å². The Labute approximate surface area is 164 Å². The largest absolute Gasteiger partial charge is 0.486 e. The van der Waals surface area contributed by atoms with Crippen LogP contribution in [0.3, 0.4) is 0 Å². The van der Waals surface area contributed by atoms with Gasteiger partial charge in [-0.2, -0.15) is 0 Å². The van der Waals surface area contributed by atoms with Crippen LogP contribution in [-0.4, -0.2) is 51.9 Å². The van der Waals surface area contributed by atoms with Gasteiger partial charge in [0.1, 0.15) is 24.9 Å². The van der Waals surface area contributed by atoms with Gasteiger partial charge in [0.15, 0.2) is 11.5 Å². The number of carbonyl (C=O) groups is 1. The Morgan fingerprint density at radius 2 is 1.89 bits per heavy atom. The number of piperidine rings is 1. The molecule has 1 fully saturated rings. The average molecular weight is 382 g/mol. The molecule has 0 saturated carbocycles. The van der Waals surface area contributed by atoms with Crippen molar-refractivity contribution < 1.29 is 14.3 Å². The Morgan fingerprint density at radius 3 is 2.82 bits per heavy atom. The van der Waals surface area contributed by atoms with Gasteiger partial charge >= 0.3 is 0 Å². The first-order valence-electron chi connectivity index (χ1n) is 10.4. The fraction of sp³-hybridized carbons (Fsp3) is 0.571. The second kappa shape index (κ2) is 7.45. The molecule has 2 aromatic rings. The number of rotatable bonds is 2. The minimum atomic E-state index is 0.0530. The van der Waals surface area contributed by atoms with Gasteiger partial charge in [-0.25, -0.2) is 0 Å². The molecule has 1 saturated heterocycles. The zero-order chi connectivity index (χ0) is 18.9. The number of amides is 1. The maximum absolute atomic E-state index is 13.1. The van der Waals surface area contributed by atoms with Gasteiger partial charge in [0.2, 0.25) is 0 Å². The highest BCUT2D eigenvalue weighted by atomic mass is 16.6. The third-order valence-corrected chi connectivity index (χ3v) is 6.00. The van der Waals surface area contributed by atoms with Gasteiger partial charge in [-0.05, 0) is 43.9 Å². The van der Waals surface area contributed by atoms with E-state index in [1.54, 1.807) is 0 Å². The highest BCUT2D eigenvalue weighted by Crippen LogP contribution is 2.33. The summed E-state index contributed by atoms with van der Waals surface area (Å²) >= 11 is 0. The molecule has 1 aromatic carbocycles. The molecule has 7 nitrogen and oxygen atoms in total. The third-order valence-electron chi connectivity index (χ3n) is 6.00. The number of hydrogen-bond acceptors (Lipinski definition) is 5. The summed E-state index contributed by atoms with van der Waals surface area (Å²) in [6.07, 6.45) is 6.69. The number of aryl methyl sites for hydroxylation is 1. The van der Waals surface area contributed by atoms with Crippen LogP contribution in [0.15, 0.2) is 18.2 Å². The molecule has 1 atom stereocenters. The molecule has 28 heavy (non-hydrogen) atoms. The molecule has 1 aromatic heterocycles. The standard InChI is InChI=1S/C21H26N4O3/c26-21(15-7-8-17-18(13-15)28-12-11-27-17)24-9-4-5-16(14-24)20-23-22-19-6-2-1-3-10-25(19)20/h7-8,13,16H,1-6,9-12,14H2. The molecule has 5 rings (SSSR count). The van der Waals surface area contributed by atoms with Gasteiger partial charge in [0.05, 0.1) is 0 Å². The second-order valence-corrected chi connectivity index (χ2v) is 7.89. The Kier molecular flexibility index (Phi) is 4.66. The van der Waals surface area contributed by atoms with Crippen LogP contribution in [0.4, 0.5) is 0 Å². The Hall–Kier alpha value is -2.57. The van der Waals surface area contributed by atoms with Crippen molar-refractivity contribution >= 4 is 5.91 Å². The van der Waals surface area contributed by atoms with Gasteiger partial charge in [-0.3, -0.25) is 4.79 Å². The number of benzene rings is 1. The molecule has 3 aliphatic heterocycles. The van der Waals surface area contributed by atoms with Crippen molar-refractivity contribution in [2.45, 2.75) is 51.0 Å². The summed E-state index contributed by atoms with van der Waals surface area (Å²) in [6, 6.07) is 5.48. The van der Waals surface area contributed by atoms with E-state index in [4.69, 9.17) is 9.47 Å². The summed E-state index contributed by atoms with van der Waals surface area (Å²) < 4.78 is 13.5. The van der Waals surface area contributed by atoms with Crippen LogP contribution in [0.5, 0.6) is 11.5 Å². The molecular weight excluding hydrogens is 356 g/mol. The van der Waals surface area contributed by atoms with Crippen molar-refractivity contribution in [1.29, 1.82) is 0 Å². The van der Waals surface area contributed by atoms with Crippen LogP contribution < -0.4 is 9.47 Å². The van der Waals surface area contributed by atoms with Crippen molar-refractivity contribution in [2.75, 3.05) is 26.3 Å². The van der Waals surface area contributed by atoms with Gasteiger partial charge in [0.25, 0.3) is 5.91 Å². The number of aromatic nitrogens is 3. The lowest BCUT2D eigenvalue weighted by Crippen LogP contribution is -2.39. The van der Waals surface area contributed by atoms with E-state index >= 15 is 0 Å². The number of nitrogens with zero attached hydrogens (tertiary/aromatic N) is 4. The van der Waals surface area contributed by atoms with Crippen LogP contribution in [0.2, 0.25) is 0 Å². The molecule has 148 valence electrons. The van der Waals surface area contributed by atoms with E-state index in [0.29, 0.717) is 36.8 Å². The zero-order valence-electron chi connectivity index (χ0n) is 16.1. The van der Waals surface area contributed by atoms with Gasteiger partial charge < -0.3 is 18.9 Å². The van der Waals surface area contributed by atoms with E-state index in [1.807, 2.05) is 23.1 Å². The van der Waals surface area contributed by atoms with E-state index in [0.717, 1.165) is 44.0 Å². The highest BCUT2D eigenvalue weighted by molar-refractivity contribution is 5.95. The second-order valence-electron chi connectivity index (χ2n) is 7.89. The number of ether oxygens (including phenoxy) is 2. The van der Waals surface area contributed by atoms with E-state index in [2.05, 4.69) is 14.8 Å². The molecule has 0 N–H and O–H groups in total. The first-order chi connectivity index (χ1) is 13.8. The van der Waals surface area contributed by atoms with Crippen LogP contribution in [0, 0.1) is 0 Å². The number of hydrogen-bond donors (Lipinski definition) is 0. The maximum atomic E-state index is 13.1. The van der Waals surface area contributed by atoms with Crippen molar-refractivity contribution in [1.82, 2.24) is 19.7 Å². The number of carbonyl (C=O) groups excluding carboxylic acids is 1. The molecule has 1 unspecified atom stereocenters. The molecule has 4 heterocycles. The lowest BCUT2D eigenvalue weighted by atomic mass is 9.96. The van der Waals surface area contributed by atoms with Crippen LogP contribution in [0.1, 0.15) is 60.0 Å². The molecule has 0 aliphatic carbocycles. The van der Waals surface area contributed by atoms with Gasteiger partial charge in [0, 0.05) is 37.5 Å². The Morgan fingerprint density at radius 1 is 1.00 bits per heavy atom. The van der Waals surface area contributed by atoms with Gasteiger partial charge in [-0.15, -0.1) is 10.2 Å². The predicted octanol–water partition coefficient (Wildman–Crippen LogP) is 2.80.